The second-order valence-corrected chi connectivity index (χ2v) is 5.25. The van der Waals surface area contributed by atoms with E-state index < -0.39 is 0 Å². The third-order valence-electron chi connectivity index (χ3n) is 1.84. The van der Waals surface area contributed by atoms with E-state index in [0.717, 1.165) is 21.3 Å². The van der Waals surface area contributed by atoms with Crippen LogP contribution in [-0.4, -0.2) is 22.2 Å². The van der Waals surface area contributed by atoms with Gasteiger partial charge in [0.15, 0.2) is 3.92 Å². The summed E-state index contributed by atoms with van der Waals surface area (Å²) >= 11 is 4.80. The van der Waals surface area contributed by atoms with Crippen molar-refractivity contribution in [2.45, 2.75) is 6.54 Å². The summed E-state index contributed by atoms with van der Waals surface area (Å²) in [5, 5.41) is 8.82. The van der Waals surface area contributed by atoms with Crippen molar-refractivity contribution in [3.8, 4) is 0 Å². The second-order valence-electron chi connectivity index (χ2n) is 3.01. The lowest BCUT2D eigenvalue weighted by molar-refractivity contribution is 0.863. The molecule has 2 heterocycles. The van der Waals surface area contributed by atoms with Crippen molar-refractivity contribution < 1.29 is 0 Å². The molecule has 0 aliphatic heterocycles. The third kappa shape index (κ3) is 2.73. The summed E-state index contributed by atoms with van der Waals surface area (Å²) in [6.07, 6.45) is 1.79. The molecule has 0 radical (unpaired) electrons. The first-order chi connectivity index (χ1) is 7.25. The zero-order valence-electron chi connectivity index (χ0n) is 8.09. The molecule has 78 valence electrons. The van der Waals surface area contributed by atoms with Crippen LogP contribution in [0.2, 0.25) is 0 Å². The summed E-state index contributed by atoms with van der Waals surface area (Å²) in [5.41, 5.74) is 1.02. The van der Waals surface area contributed by atoms with Gasteiger partial charge in [0.25, 0.3) is 0 Å². The van der Waals surface area contributed by atoms with Gasteiger partial charge < -0.3 is 4.90 Å². The molecule has 2 rings (SSSR count). The van der Waals surface area contributed by atoms with Crippen molar-refractivity contribution in [1.82, 2.24) is 15.2 Å². The van der Waals surface area contributed by atoms with Crippen LogP contribution < -0.4 is 4.90 Å². The molecular formula is C9H9BrN4S. The van der Waals surface area contributed by atoms with Crippen LogP contribution in [0.25, 0.3) is 0 Å². The van der Waals surface area contributed by atoms with Crippen molar-refractivity contribution in [2.24, 2.45) is 0 Å². The predicted molar refractivity (Wildman–Crippen MR) is 64.0 cm³/mol. The summed E-state index contributed by atoms with van der Waals surface area (Å²) in [7, 11) is 1.97. The van der Waals surface area contributed by atoms with Crippen LogP contribution in [0.5, 0.6) is 0 Å². The molecule has 6 heteroatoms. The number of nitrogens with zero attached hydrogens (tertiary/aromatic N) is 4. The standard InChI is InChI=1S/C9H9BrN4S/c1-14(9-13-12-8(10)15-9)6-7-4-2-3-5-11-7/h2-5H,6H2,1H3. The Hall–Kier alpha value is -1.01. The van der Waals surface area contributed by atoms with Crippen molar-refractivity contribution in [2.75, 3.05) is 11.9 Å². The van der Waals surface area contributed by atoms with Gasteiger partial charge in [-0.25, -0.2) is 0 Å². The van der Waals surface area contributed by atoms with Gasteiger partial charge in [0, 0.05) is 13.2 Å². The maximum Gasteiger partial charge on any atom is 0.209 e. The maximum absolute atomic E-state index is 4.25. The first kappa shape index (κ1) is 10.5. The lowest BCUT2D eigenvalue weighted by Gasteiger charge is -2.13. The van der Waals surface area contributed by atoms with Gasteiger partial charge in [-0.3, -0.25) is 4.98 Å². The van der Waals surface area contributed by atoms with Gasteiger partial charge in [0.2, 0.25) is 5.13 Å². The first-order valence-electron chi connectivity index (χ1n) is 4.36. The van der Waals surface area contributed by atoms with Gasteiger partial charge in [0.1, 0.15) is 0 Å². The smallest absolute Gasteiger partial charge is 0.209 e. The van der Waals surface area contributed by atoms with E-state index in [1.807, 2.05) is 30.1 Å². The topological polar surface area (TPSA) is 41.9 Å². The second kappa shape index (κ2) is 4.67. The SMILES string of the molecule is CN(Cc1ccccn1)c1nnc(Br)s1. The van der Waals surface area contributed by atoms with E-state index in [1.54, 1.807) is 6.20 Å². The van der Waals surface area contributed by atoms with E-state index in [0.29, 0.717) is 0 Å². The zero-order valence-corrected chi connectivity index (χ0v) is 10.5. The minimum atomic E-state index is 0.739. The van der Waals surface area contributed by atoms with Crippen molar-refractivity contribution >= 4 is 32.4 Å². The fourth-order valence-corrected chi connectivity index (χ4v) is 2.20. The van der Waals surface area contributed by atoms with Crippen molar-refractivity contribution in [3.05, 3.63) is 34.0 Å². The van der Waals surface area contributed by atoms with Gasteiger partial charge >= 0.3 is 0 Å². The van der Waals surface area contributed by atoms with Crippen LogP contribution >= 0.6 is 27.3 Å². The van der Waals surface area contributed by atoms with E-state index in [1.165, 1.54) is 11.3 Å². The molecule has 2 aromatic rings. The number of hydrogen-bond donors (Lipinski definition) is 0. The van der Waals surface area contributed by atoms with Gasteiger partial charge in [-0.15, -0.1) is 10.2 Å². The van der Waals surface area contributed by atoms with Crippen molar-refractivity contribution in [3.63, 3.8) is 0 Å². The molecule has 0 atom stereocenters. The highest BCUT2D eigenvalue weighted by Crippen LogP contribution is 2.23. The minimum absolute atomic E-state index is 0.739. The van der Waals surface area contributed by atoms with Crippen LogP contribution in [0.1, 0.15) is 5.69 Å². The molecule has 0 amide bonds. The summed E-state index contributed by atoms with van der Waals surface area (Å²) in [4.78, 5) is 6.27. The van der Waals surface area contributed by atoms with Gasteiger partial charge in [-0.2, -0.15) is 0 Å². The van der Waals surface area contributed by atoms with Gasteiger partial charge in [-0.05, 0) is 28.1 Å². The van der Waals surface area contributed by atoms with Crippen LogP contribution in [0, 0.1) is 0 Å². The normalized spacial score (nSPS) is 10.3. The number of rotatable bonds is 3. The van der Waals surface area contributed by atoms with Gasteiger partial charge in [0.05, 0.1) is 12.2 Å². The lowest BCUT2D eigenvalue weighted by atomic mass is 10.3. The quantitative estimate of drug-likeness (QED) is 0.868. The molecule has 0 aromatic carbocycles. The highest BCUT2D eigenvalue weighted by molar-refractivity contribution is 9.11. The van der Waals surface area contributed by atoms with Crippen LogP contribution in [0.15, 0.2) is 28.3 Å². The average molecular weight is 285 g/mol. The summed E-state index contributed by atoms with van der Waals surface area (Å²) in [6, 6.07) is 5.88. The van der Waals surface area contributed by atoms with Crippen LogP contribution in [-0.2, 0) is 6.54 Å². The minimum Gasteiger partial charge on any atom is -0.344 e. The zero-order chi connectivity index (χ0) is 10.7. The van der Waals surface area contributed by atoms with E-state index in [-0.39, 0.29) is 0 Å². The Bertz CT molecular complexity index is 431. The average Bonchev–Trinajstić information content (AvgIpc) is 2.66. The van der Waals surface area contributed by atoms with Crippen LogP contribution in [0.4, 0.5) is 5.13 Å². The molecule has 0 aliphatic rings. The number of hydrogen-bond acceptors (Lipinski definition) is 5. The number of halogens is 1. The molecule has 0 unspecified atom stereocenters. The predicted octanol–water partition coefficient (Wildman–Crippen LogP) is 2.33. The number of anilines is 1. The van der Waals surface area contributed by atoms with E-state index in [2.05, 4.69) is 31.1 Å². The Kier molecular flexibility index (Phi) is 3.27. The number of pyridine rings is 1. The summed E-state index contributed by atoms with van der Waals surface area (Å²) in [6.45, 7) is 0.739. The summed E-state index contributed by atoms with van der Waals surface area (Å²) < 4.78 is 0.797. The first-order valence-corrected chi connectivity index (χ1v) is 5.97. The highest BCUT2D eigenvalue weighted by atomic mass is 79.9. The Morgan fingerprint density at radius 1 is 1.40 bits per heavy atom. The Labute approximate surface area is 100 Å². The Morgan fingerprint density at radius 3 is 2.87 bits per heavy atom. The Morgan fingerprint density at radius 2 is 2.27 bits per heavy atom. The third-order valence-corrected chi connectivity index (χ3v) is 3.31. The molecule has 0 spiro atoms. The molecule has 0 saturated heterocycles. The van der Waals surface area contributed by atoms with E-state index in [4.69, 9.17) is 0 Å². The van der Waals surface area contributed by atoms with E-state index in [9.17, 15) is 0 Å². The largest absolute Gasteiger partial charge is 0.344 e. The molecule has 0 N–H and O–H groups in total. The molecule has 15 heavy (non-hydrogen) atoms. The molecular weight excluding hydrogens is 276 g/mol. The fourth-order valence-electron chi connectivity index (χ4n) is 1.15. The molecule has 0 bridgehead atoms. The molecule has 0 aliphatic carbocycles. The fraction of sp³-hybridized carbons (Fsp3) is 0.222. The summed E-state index contributed by atoms with van der Waals surface area (Å²) in [5.74, 6) is 0. The van der Waals surface area contributed by atoms with E-state index >= 15 is 0 Å². The van der Waals surface area contributed by atoms with Gasteiger partial charge in [-0.1, -0.05) is 17.4 Å². The van der Waals surface area contributed by atoms with Crippen molar-refractivity contribution in [1.29, 1.82) is 0 Å². The molecule has 0 saturated carbocycles. The maximum atomic E-state index is 4.25. The highest BCUT2D eigenvalue weighted by Gasteiger charge is 2.07. The molecule has 4 nitrogen and oxygen atoms in total. The number of aromatic nitrogens is 3. The lowest BCUT2D eigenvalue weighted by Crippen LogP contribution is -2.16. The molecule has 0 fully saturated rings. The van der Waals surface area contributed by atoms with Crippen LogP contribution in [0.3, 0.4) is 0 Å². The monoisotopic (exact) mass is 284 g/mol. The molecule has 2 aromatic heterocycles. The Balaban J connectivity index is 2.07.